The highest BCUT2D eigenvalue weighted by molar-refractivity contribution is 5.97. The molecule has 0 bridgehead atoms. The van der Waals surface area contributed by atoms with E-state index in [0.717, 1.165) is 43.6 Å². The summed E-state index contributed by atoms with van der Waals surface area (Å²) in [5.74, 6) is 1.05. The second-order valence-corrected chi connectivity index (χ2v) is 6.29. The average molecular weight is 325 g/mol. The summed E-state index contributed by atoms with van der Waals surface area (Å²) >= 11 is 0. The van der Waals surface area contributed by atoms with Gasteiger partial charge in [0.1, 0.15) is 0 Å². The molecule has 1 saturated heterocycles. The highest BCUT2D eigenvalue weighted by atomic mass is 16.5. The number of piperidine rings is 1. The summed E-state index contributed by atoms with van der Waals surface area (Å²) in [6.45, 7) is 2.63. The summed E-state index contributed by atoms with van der Waals surface area (Å²) in [7, 11) is 1.56. The summed E-state index contributed by atoms with van der Waals surface area (Å²) in [6.07, 6.45) is 1.78. The molecule has 0 aliphatic carbocycles. The van der Waals surface area contributed by atoms with E-state index in [9.17, 15) is 9.90 Å². The van der Waals surface area contributed by atoms with Gasteiger partial charge in [-0.2, -0.15) is 0 Å². The second kappa shape index (κ2) is 7.49. The largest absolute Gasteiger partial charge is 0.504 e. The predicted molar refractivity (Wildman–Crippen MR) is 93.4 cm³/mol. The third kappa shape index (κ3) is 3.77. The maximum atomic E-state index is 12.5. The lowest BCUT2D eigenvalue weighted by Gasteiger charge is -2.31. The van der Waals surface area contributed by atoms with Crippen molar-refractivity contribution < 1.29 is 14.6 Å². The fraction of sp³-hybridized carbons (Fsp3) is 0.350. The van der Waals surface area contributed by atoms with Crippen molar-refractivity contribution in [3.05, 3.63) is 59.7 Å². The molecule has 0 unspecified atom stereocenters. The molecule has 0 amide bonds. The van der Waals surface area contributed by atoms with Crippen LogP contribution in [0.5, 0.6) is 11.5 Å². The molecule has 1 fully saturated rings. The van der Waals surface area contributed by atoms with Crippen LogP contribution in [0.1, 0.15) is 28.8 Å². The molecule has 0 radical (unpaired) electrons. The predicted octanol–water partition coefficient (Wildman–Crippen LogP) is 3.50. The fourth-order valence-corrected chi connectivity index (χ4v) is 3.27. The van der Waals surface area contributed by atoms with Gasteiger partial charge in [-0.05, 0) is 43.6 Å². The topological polar surface area (TPSA) is 49.8 Å². The average Bonchev–Trinajstić information content (AvgIpc) is 2.64. The molecule has 2 aromatic carbocycles. The van der Waals surface area contributed by atoms with Crippen LogP contribution in [-0.2, 0) is 6.54 Å². The van der Waals surface area contributed by atoms with Crippen LogP contribution in [0.4, 0.5) is 0 Å². The minimum absolute atomic E-state index is 0.123. The number of hydrogen-bond donors (Lipinski definition) is 1. The number of Topliss-reactive ketones (excluding diaryl/α,β-unsaturated/α-hetero) is 1. The van der Waals surface area contributed by atoms with Crippen molar-refractivity contribution in [3.8, 4) is 11.5 Å². The number of methoxy groups -OCH3 is 1. The van der Waals surface area contributed by atoms with Crippen molar-refractivity contribution in [2.75, 3.05) is 20.2 Å². The quantitative estimate of drug-likeness (QED) is 0.855. The Balaban J connectivity index is 1.56. The molecule has 4 heteroatoms. The summed E-state index contributed by atoms with van der Waals surface area (Å²) < 4.78 is 5.16. The van der Waals surface area contributed by atoms with E-state index >= 15 is 0 Å². The molecule has 0 atom stereocenters. The number of ether oxygens (including phenoxy) is 1. The van der Waals surface area contributed by atoms with E-state index in [-0.39, 0.29) is 17.5 Å². The fourth-order valence-electron chi connectivity index (χ4n) is 3.27. The Kier molecular flexibility index (Phi) is 5.16. The van der Waals surface area contributed by atoms with E-state index in [1.54, 1.807) is 13.2 Å². The van der Waals surface area contributed by atoms with E-state index < -0.39 is 0 Å². The first-order chi connectivity index (χ1) is 11.7. The molecule has 24 heavy (non-hydrogen) atoms. The SMILES string of the molecule is COc1cc(CN2CCC(C(=O)c3ccccc3)CC2)ccc1O. The van der Waals surface area contributed by atoms with Gasteiger partial charge in [-0.1, -0.05) is 36.4 Å². The molecule has 1 N–H and O–H groups in total. The zero-order valence-electron chi connectivity index (χ0n) is 13.9. The van der Waals surface area contributed by atoms with Gasteiger partial charge in [0.05, 0.1) is 7.11 Å². The van der Waals surface area contributed by atoms with Gasteiger partial charge in [-0.25, -0.2) is 0 Å². The summed E-state index contributed by atoms with van der Waals surface area (Å²) in [6, 6.07) is 15.0. The zero-order valence-corrected chi connectivity index (χ0v) is 13.9. The Morgan fingerprint density at radius 1 is 1.17 bits per heavy atom. The Morgan fingerprint density at radius 2 is 1.88 bits per heavy atom. The molecule has 1 aliphatic heterocycles. The summed E-state index contributed by atoms with van der Waals surface area (Å²) in [5.41, 5.74) is 1.93. The van der Waals surface area contributed by atoms with Crippen LogP contribution in [0.3, 0.4) is 0 Å². The molecular formula is C20H23NO3. The van der Waals surface area contributed by atoms with Crippen molar-refractivity contribution >= 4 is 5.78 Å². The minimum Gasteiger partial charge on any atom is -0.504 e. The van der Waals surface area contributed by atoms with Gasteiger partial charge in [0, 0.05) is 18.0 Å². The molecular weight excluding hydrogens is 302 g/mol. The van der Waals surface area contributed by atoms with Crippen molar-refractivity contribution in [2.45, 2.75) is 19.4 Å². The Bertz CT molecular complexity index is 691. The first-order valence-corrected chi connectivity index (χ1v) is 8.35. The number of phenols is 1. The highest BCUT2D eigenvalue weighted by Crippen LogP contribution is 2.28. The zero-order chi connectivity index (χ0) is 16.9. The van der Waals surface area contributed by atoms with E-state index in [1.165, 1.54) is 0 Å². The van der Waals surface area contributed by atoms with Gasteiger partial charge >= 0.3 is 0 Å². The number of phenolic OH excluding ortho intramolecular Hbond substituents is 1. The Morgan fingerprint density at radius 3 is 2.54 bits per heavy atom. The number of carbonyl (C=O) groups excluding carboxylic acids is 1. The number of carbonyl (C=O) groups is 1. The summed E-state index contributed by atoms with van der Waals surface area (Å²) in [5, 5.41) is 9.67. The van der Waals surface area contributed by atoms with E-state index in [1.807, 2.05) is 42.5 Å². The molecule has 126 valence electrons. The van der Waals surface area contributed by atoms with Crippen LogP contribution in [0.25, 0.3) is 0 Å². The van der Waals surface area contributed by atoms with Crippen LogP contribution < -0.4 is 4.74 Å². The number of likely N-dealkylation sites (tertiary alicyclic amines) is 1. The van der Waals surface area contributed by atoms with Crippen LogP contribution in [0.15, 0.2) is 48.5 Å². The normalized spacial score (nSPS) is 16.0. The Hall–Kier alpha value is -2.33. The molecule has 3 rings (SSSR count). The second-order valence-electron chi connectivity index (χ2n) is 6.29. The number of rotatable bonds is 5. The van der Waals surface area contributed by atoms with Crippen LogP contribution in [0, 0.1) is 5.92 Å². The van der Waals surface area contributed by atoms with Crippen molar-refractivity contribution in [2.24, 2.45) is 5.92 Å². The van der Waals surface area contributed by atoms with Crippen molar-refractivity contribution in [1.29, 1.82) is 0 Å². The van der Waals surface area contributed by atoms with Gasteiger partial charge in [0.2, 0.25) is 0 Å². The number of hydrogen-bond acceptors (Lipinski definition) is 4. The van der Waals surface area contributed by atoms with Crippen LogP contribution >= 0.6 is 0 Å². The minimum atomic E-state index is 0.123. The van der Waals surface area contributed by atoms with E-state index in [0.29, 0.717) is 5.75 Å². The van der Waals surface area contributed by atoms with E-state index in [4.69, 9.17) is 4.74 Å². The number of nitrogens with zero attached hydrogens (tertiary/aromatic N) is 1. The maximum Gasteiger partial charge on any atom is 0.166 e. The lowest BCUT2D eigenvalue weighted by molar-refractivity contribution is 0.0835. The number of aromatic hydroxyl groups is 1. The number of benzene rings is 2. The standard InChI is InChI=1S/C20H23NO3/c1-24-19-13-15(7-8-18(19)22)14-21-11-9-17(10-12-21)20(23)16-5-3-2-4-6-16/h2-8,13,17,22H,9-12,14H2,1H3. The van der Waals surface area contributed by atoms with Crippen molar-refractivity contribution in [1.82, 2.24) is 4.90 Å². The van der Waals surface area contributed by atoms with Crippen LogP contribution in [0.2, 0.25) is 0 Å². The smallest absolute Gasteiger partial charge is 0.166 e. The molecule has 2 aromatic rings. The van der Waals surface area contributed by atoms with Gasteiger partial charge < -0.3 is 9.84 Å². The highest BCUT2D eigenvalue weighted by Gasteiger charge is 2.25. The maximum absolute atomic E-state index is 12.5. The lowest BCUT2D eigenvalue weighted by Crippen LogP contribution is -2.35. The van der Waals surface area contributed by atoms with E-state index in [2.05, 4.69) is 4.90 Å². The van der Waals surface area contributed by atoms with Gasteiger partial charge in [0.25, 0.3) is 0 Å². The molecule has 1 heterocycles. The molecule has 0 spiro atoms. The summed E-state index contributed by atoms with van der Waals surface area (Å²) in [4.78, 5) is 14.9. The third-order valence-corrected chi connectivity index (χ3v) is 4.67. The molecule has 0 saturated carbocycles. The van der Waals surface area contributed by atoms with Crippen LogP contribution in [-0.4, -0.2) is 36.0 Å². The van der Waals surface area contributed by atoms with Gasteiger partial charge in [-0.3, -0.25) is 9.69 Å². The first kappa shape index (κ1) is 16.5. The molecule has 0 aromatic heterocycles. The monoisotopic (exact) mass is 325 g/mol. The van der Waals surface area contributed by atoms with Crippen molar-refractivity contribution in [3.63, 3.8) is 0 Å². The molecule has 1 aliphatic rings. The van der Waals surface area contributed by atoms with Gasteiger partial charge in [0.15, 0.2) is 17.3 Å². The lowest BCUT2D eigenvalue weighted by atomic mass is 9.89. The Labute approximate surface area is 142 Å². The molecule has 4 nitrogen and oxygen atoms in total. The number of ketones is 1. The third-order valence-electron chi connectivity index (χ3n) is 4.67. The first-order valence-electron chi connectivity index (χ1n) is 8.35. The van der Waals surface area contributed by atoms with Gasteiger partial charge in [-0.15, -0.1) is 0 Å².